The summed E-state index contributed by atoms with van der Waals surface area (Å²) in [4.78, 5) is 23.4. The van der Waals surface area contributed by atoms with E-state index in [0.717, 1.165) is 18.2 Å². The zero-order chi connectivity index (χ0) is 20.6. The monoisotopic (exact) mass is 423 g/mol. The van der Waals surface area contributed by atoms with Crippen molar-refractivity contribution in [3.05, 3.63) is 82.4 Å². The highest BCUT2D eigenvalue weighted by Gasteiger charge is 2.40. The number of halogens is 2. The van der Waals surface area contributed by atoms with Gasteiger partial charge < -0.3 is 10.2 Å². The number of carboxylic acid groups (broad SMARTS) is 1. The van der Waals surface area contributed by atoms with E-state index in [1.807, 2.05) is 0 Å². The molecule has 10 heteroatoms. The molecule has 2 N–H and O–H groups in total. The fourth-order valence-corrected chi connectivity index (χ4v) is 4.32. The SMILES string of the molecule is O=C(O)/C=C/N1C(=C(O)c2ccc(F)c(Cl)c2)C(=O)c2ccccc2S1(=O)=O. The van der Waals surface area contributed by atoms with Crippen molar-refractivity contribution in [3.63, 3.8) is 0 Å². The van der Waals surface area contributed by atoms with E-state index in [1.165, 1.54) is 24.3 Å². The van der Waals surface area contributed by atoms with E-state index in [-0.39, 0.29) is 21.0 Å². The number of allylic oxidation sites excluding steroid dienone is 1. The van der Waals surface area contributed by atoms with E-state index < -0.39 is 39.0 Å². The van der Waals surface area contributed by atoms with Crippen LogP contribution in [0.2, 0.25) is 5.02 Å². The smallest absolute Gasteiger partial charge is 0.329 e. The summed E-state index contributed by atoms with van der Waals surface area (Å²) >= 11 is 5.69. The number of rotatable bonds is 3. The van der Waals surface area contributed by atoms with Crippen molar-refractivity contribution in [3.8, 4) is 0 Å². The van der Waals surface area contributed by atoms with E-state index >= 15 is 0 Å². The predicted octanol–water partition coefficient (Wildman–Crippen LogP) is 3.19. The molecule has 1 aliphatic rings. The van der Waals surface area contributed by atoms with Gasteiger partial charge in [-0.25, -0.2) is 21.9 Å². The molecular weight excluding hydrogens is 413 g/mol. The molecule has 0 radical (unpaired) electrons. The first kappa shape index (κ1) is 19.6. The number of fused-ring (bicyclic) bond motifs is 1. The minimum atomic E-state index is -4.39. The minimum Gasteiger partial charge on any atom is -0.505 e. The van der Waals surface area contributed by atoms with Gasteiger partial charge in [0.25, 0.3) is 10.0 Å². The Hall–Kier alpha value is -3.17. The number of hydrogen-bond donors (Lipinski definition) is 2. The molecule has 28 heavy (non-hydrogen) atoms. The van der Waals surface area contributed by atoms with Crippen LogP contribution >= 0.6 is 11.6 Å². The molecule has 144 valence electrons. The standard InChI is InChI=1S/C18H11ClFNO6S/c19-12-9-10(5-6-13(12)20)17(24)16-18(25)11-3-1-2-4-14(11)28(26,27)21(16)8-7-15(22)23/h1-9,24H,(H,22,23)/b8-7+,17-16?. The van der Waals surface area contributed by atoms with E-state index in [1.54, 1.807) is 0 Å². The zero-order valence-electron chi connectivity index (χ0n) is 13.8. The Balaban J connectivity index is 2.34. The Morgan fingerprint density at radius 2 is 1.82 bits per heavy atom. The number of aliphatic carboxylic acids is 1. The Morgan fingerprint density at radius 3 is 2.46 bits per heavy atom. The van der Waals surface area contributed by atoms with Crippen molar-refractivity contribution < 1.29 is 32.6 Å². The quantitative estimate of drug-likeness (QED) is 0.579. The van der Waals surface area contributed by atoms with Crippen LogP contribution in [-0.4, -0.2) is 34.7 Å². The summed E-state index contributed by atoms with van der Waals surface area (Å²) in [6.07, 6.45) is 1.14. The molecule has 1 aliphatic heterocycles. The van der Waals surface area contributed by atoms with Crippen LogP contribution in [0.3, 0.4) is 0 Å². The second kappa shape index (κ2) is 7.10. The molecule has 0 aliphatic carbocycles. The first-order valence-electron chi connectivity index (χ1n) is 7.62. The molecule has 0 aromatic heterocycles. The third-order valence-corrected chi connectivity index (χ3v) is 5.90. The lowest BCUT2D eigenvalue weighted by molar-refractivity contribution is -0.131. The van der Waals surface area contributed by atoms with Gasteiger partial charge in [-0.15, -0.1) is 0 Å². The first-order chi connectivity index (χ1) is 13.1. The van der Waals surface area contributed by atoms with Crippen molar-refractivity contribution >= 4 is 39.1 Å². The number of ketones is 1. The minimum absolute atomic E-state index is 0.127. The number of carbonyl (C=O) groups excluding carboxylic acids is 1. The number of nitrogens with zero attached hydrogens (tertiary/aromatic N) is 1. The number of aliphatic hydroxyl groups is 1. The number of Topliss-reactive ketones (excluding diaryl/α,β-unsaturated/α-hetero) is 1. The molecule has 0 spiro atoms. The van der Waals surface area contributed by atoms with E-state index in [2.05, 4.69) is 0 Å². The second-order valence-electron chi connectivity index (χ2n) is 5.61. The summed E-state index contributed by atoms with van der Waals surface area (Å²) in [5.41, 5.74) is -1.03. The molecule has 0 atom stereocenters. The van der Waals surface area contributed by atoms with Gasteiger partial charge in [-0.3, -0.25) is 4.79 Å². The van der Waals surface area contributed by atoms with Crippen molar-refractivity contribution in [1.29, 1.82) is 0 Å². The summed E-state index contributed by atoms with van der Waals surface area (Å²) in [7, 11) is -4.39. The van der Waals surface area contributed by atoms with Gasteiger partial charge in [-0.1, -0.05) is 23.7 Å². The lowest BCUT2D eigenvalue weighted by atomic mass is 10.0. The molecule has 2 aromatic rings. The van der Waals surface area contributed by atoms with Gasteiger partial charge >= 0.3 is 5.97 Å². The summed E-state index contributed by atoms with van der Waals surface area (Å²) in [6.45, 7) is 0. The Labute approximate surface area is 163 Å². The van der Waals surface area contributed by atoms with Crippen LogP contribution < -0.4 is 0 Å². The highest BCUT2D eigenvalue weighted by molar-refractivity contribution is 7.89. The van der Waals surface area contributed by atoms with Crippen LogP contribution in [0.15, 0.2) is 65.3 Å². The number of benzene rings is 2. The van der Waals surface area contributed by atoms with E-state index in [4.69, 9.17) is 16.7 Å². The Kier molecular flexibility index (Phi) is 4.97. The van der Waals surface area contributed by atoms with Gasteiger partial charge in [-0.2, -0.15) is 0 Å². The Bertz CT molecular complexity index is 1170. The summed E-state index contributed by atoms with van der Waals surface area (Å²) in [5, 5.41) is 19.1. The normalized spacial score (nSPS) is 17.5. The van der Waals surface area contributed by atoms with Gasteiger partial charge in [0.05, 0.1) is 9.92 Å². The second-order valence-corrected chi connectivity index (χ2v) is 7.80. The van der Waals surface area contributed by atoms with Crippen LogP contribution in [-0.2, 0) is 14.8 Å². The fourth-order valence-electron chi connectivity index (χ4n) is 2.61. The molecule has 0 unspecified atom stereocenters. The highest BCUT2D eigenvalue weighted by Crippen LogP contribution is 2.36. The summed E-state index contributed by atoms with van der Waals surface area (Å²) in [6, 6.07) is 8.34. The maximum Gasteiger partial charge on any atom is 0.329 e. The fraction of sp³-hybridized carbons (Fsp3) is 0. The molecule has 0 saturated heterocycles. The molecule has 2 aromatic carbocycles. The maximum absolute atomic E-state index is 13.4. The van der Waals surface area contributed by atoms with Gasteiger partial charge in [0.2, 0.25) is 5.78 Å². The Morgan fingerprint density at radius 1 is 1.14 bits per heavy atom. The third-order valence-electron chi connectivity index (χ3n) is 3.87. The topological polar surface area (TPSA) is 112 Å². The van der Waals surface area contributed by atoms with Gasteiger partial charge in [0.15, 0.2) is 5.76 Å². The van der Waals surface area contributed by atoms with Crippen molar-refractivity contribution in [1.82, 2.24) is 4.31 Å². The van der Waals surface area contributed by atoms with Crippen LogP contribution in [0.4, 0.5) is 4.39 Å². The van der Waals surface area contributed by atoms with Crippen LogP contribution in [0.5, 0.6) is 0 Å². The van der Waals surface area contributed by atoms with E-state index in [0.29, 0.717) is 16.6 Å². The van der Waals surface area contributed by atoms with Crippen molar-refractivity contribution in [2.24, 2.45) is 0 Å². The van der Waals surface area contributed by atoms with Crippen molar-refractivity contribution in [2.45, 2.75) is 4.90 Å². The number of sulfonamides is 1. The van der Waals surface area contributed by atoms with E-state index in [9.17, 15) is 27.5 Å². The first-order valence-corrected chi connectivity index (χ1v) is 9.44. The van der Waals surface area contributed by atoms with Crippen LogP contribution in [0.1, 0.15) is 15.9 Å². The molecule has 1 heterocycles. The van der Waals surface area contributed by atoms with Gasteiger partial charge in [0, 0.05) is 23.4 Å². The number of hydrogen-bond acceptors (Lipinski definition) is 5. The molecule has 0 amide bonds. The predicted molar refractivity (Wildman–Crippen MR) is 97.5 cm³/mol. The largest absolute Gasteiger partial charge is 0.505 e. The van der Waals surface area contributed by atoms with Crippen LogP contribution in [0, 0.1) is 5.82 Å². The molecule has 7 nitrogen and oxygen atoms in total. The zero-order valence-corrected chi connectivity index (χ0v) is 15.4. The molecule has 3 rings (SSSR count). The lowest BCUT2D eigenvalue weighted by Crippen LogP contribution is -2.36. The molecule has 0 saturated carbocycles. The average molecular weight is 424 g/mol. The molecule has 0 bridgehead atoms. The lowest BCUT2D eigenvalue weighted by Gasteiger charge is -2.29. The maximum atomic E-state index is 13.4. The van der Waals surface area contributed by atoms with Gasteiger partial charge in [0.1, 0.15) is 11.5 Å². The number of carbonyl (C=O) groups is 2. The number of carboxylic acids is 1. The summed E-state index contributed by atoms with van der Waals surface area (Å²) < 4.78 is 39.6. The molecule has 0 fully saturated rings. The number of aliphatic hydroxyl groups excluding tert-OH is 1. The highest BCUT2D eigenvalue weighted by atomic mass is 35.5. The average Bonchev–Trinajstić information content (AvgIpc) is 2.65. The van der Waals surface area contributed by atoms with Crippen molar-refractivity contribution in [2.75, 3.05) is 0 Å². The summed E-state index contributed by atoms with van der Waals surface area (Å²) in [5.74, 6) is -3.91. The van der Waals surface area contributed by atoms with Gasteiger partial charge in [-0.05, 0) is 30.3 Å². The van der Waals surface area contributed by atoms with Crippen LogP contribution in [0.25, 0.3) is 5.76 Å². The third kappa shape index (κ3) is 3.25. The molecular formula is C18H11ClFNO6S.